The number of benzene rings is 3. The number of hydrogen-bond donors (Lipinski definition) is 2. The number of nitrogens with one attached hydrogen (secondary N) is 1. The number of ether oxygens (including phenoxy) is 3. The van der Waals surface area contributed by atoms with Gasteiger partial charge in [-0.05, 0) is 53.9 Å². The fourth-order valence-corrected chi connectivity index (χ4v) is 2.93. The van der Waals surface area contributed by atoms with Crippen LogP contribution < -0.4 is 19.5 Å². The summed E-state index contributed by atoms with van der Waals surface area (Å²) in [5.41, 5.74) is 1.22. The van der Waals surface area contributed by atoms with Gasteiger partial charge < -0.3 is 24.6 Å². The highest BCUT2D eigenvalue weighted by molar-refractivity contribution is 5.77. The summed E-state index contributed by atoms with van der Waals surface area (Å²) in [4.78, 5) is 22.2. The number of amides is 1. The molecule has 0 spiro atoms. The zero-order valence-corrected chi connectivity index (χ0v) is 18.0. The summed E-state index contributed by atoms with van der Waals surface area (Å²) in [6.45, 7) is -0.147. The third kappa shape index (κ3) is 7.53. The van der Waals surface area contributed by atoms with E-state index in [2.05, 4.69) is 5.32 Å². The van der Waals surface area contributed by atoms with Gasteiger partial charge in [0, 0.05) is 19.5 Å². The normalized spacial score (nSPS) is 10.4. The lowest BCUT2D eigenvalue weighted by Crippen LogP contribution is -2.24. The molecule has 0 fully saturated rings. The molecule has 0 bridgehead atoms. The van der Waals surface area contributed by atoms with Crippen molar-refractivity contribution in [3.05, 3.63) is 83.7 Å². The molecule has 3 aromatic rings. The maximum atomic E-state index is 14.4. The number of aliphatic carboxylic acids is 1. The van der Waals surface area contributed by atoms with E-state index in [0.717, 1.165) is 0 Å². The van der Waals surface area contributed by atoms with E-state index in [-0.39, 0.29) is 37.7 Å². The average Bonchev–Trinajstić information content (AvgIpc) is 2.81. The minimum Gasteiger partial charge on any atom is -0.486 e. The highest BCUT2D eigenvalue weighted by Gasteiger charge is 2.10. The van der Waals surface area contributed by atoms with Gasteiger partial charge in [0.1, 0.15) is 23.9 Å². The molecule has 0 aromatic heterocycles. The van der Waals surface area contributed by atoms with Crippen LogP contribution in [0, 0.1) is 5.82 Å². The van der Waals surface area contributed by atoms with Crippen molar-refractivity contribution in [3.8, 4) is 23.0 Å². The number of halogens is 1. The van der Waals surface area contributed by atoms with Crippen molar-refractivity contribution >= 4 is 11.9 Å². The zero-order chi connectivity index (χ0) is 23.6. The van der Waals surface area contributed by atoms with Crippen molar-refractivity contribution in [1.29, 1.82) is 0 Å². The van der Waals surface area contributed by atoms with Gasteiger partial charge in [-0.15, -0.1) is 0 Å². The highest BCUT2D eigenvalue weighted by atomic mass is 19.1. The Hall–Kier alpha value is -4.07. The van der Waals surface area contributed by atoms with Gasteiger partial charge in [0.15, 0.2) is 18.2 Å². The molecule has 1 amide bonds. The van der Waals surface area contributed by atoms with Crippen molar-refractivity contribution in [1.82, 2.24) is 5.32 Å². The maximum Gasteiger partial charge on any atom is 0.303 e. The SMILES string of the molecule is CNC(=O)COc1cc(COc2ccc(CCC(=O)O)cc2F)cc(Oc2ccccc2)c1. The lowest BCUT2D eigenvalue weighted by atomic mass is 10.1. The van der Waals surface area contributed by atoms with Gasteiger partial charge in [-0.25, -0.2) is 4.39 Å². The Balaban J connectivity index is 1.74. The predicted octanol–water partition coefficient (Wildman–Crippen LogP) is 4.34. The minimum atomic E-state index is -0.942. The second-order valence-electron chi connectivity index (χ2n) is 7.14. The Morgan fingerprint density at radius 1 is 0.909 bits per heavy atom. The molecule has 0 unspecified atom stereocenters. The van der Waals surface area contributed by atoms with Crippen molar-refractivity contribution in [2.24, 2.45) is 0 Å². The zero-order valence-electron chi connectivity index (χ0n) is 18.0. The molecule has 3 aromatic carbocycles. The lowest BCUT2D eigenvalue weighted by molar-refractivity contribution is -0.137. The topological polar surface area (TPSA) is 94.1 Å². The van der Waals surface area contributed by atoms with E-state index in [1.54, 1.807) is 36.4 Å². The summed E-state index contributed by atoms with van der Waals surface area (Å²) in [5.74, 6) is -0.276. The summed E-state index contributed by atoms with van der Waals surface area (Å²) in [5, 5.41) is 11.3. The number of carboxylic acid groups (broad SMARTS) is 1. The first-order valence-corrected chi connectivity index (χ1v) is 10.3. The molecule has 8 heteroatoms. The largest absolute Gasteiger partial charge is 0.486 e. The van der Waals surface area contributed by atoms with E-state index >= 15 is 0 Å². The van der Waals surface area contributed by atoms with Crippen LogP contribution in [0.1, 0.15) is 17.5 Å². The van der Waals surface area contributed by atoms with Crippen LogP contribution in [0.4, 0.5) is 4.39 Å². The maximum absolute atomic E-state index is 14.4. The Morgan fingerprint density at radius 2 is 1.67 bits per heavy atom. The standard InChI is InChI=1S/C25H24FNO6/c1-27-24(28)16-31-20-11-18(12-21(14-20)33-19-5-3-2-4-6-19)15-32-23-9-7-17(13-22(23)26)8-10-25(29)30/h2-7,9,11-14H,8,10,15-16H2,1H3,(H,27,28)(H,29,30). The number of hydrogen-bond acceptors (Lipinski definition) is 5. The van der Waals surface area contributed by atoms with Crippen LogP contribution in [0.3, 0.4) is 0 Å². The first kappa shape index (κ1) is 23.6. The van der Waals surface area contributed by atoms with Crippen LogP contribution in [0.15, 0.2) is 66.7 Å². The highest BCUT2D eigenvalue weighted by Crippen LogP contribution is 2.29. The van der Waals surface area contributed by atoms with Crippen LogP contribution in [-0.4, -0.2) is 30.6 Å². The molecule has 0 heterocycles. The number of rotatable bonds is 11. The van der Waals surface area contributed by atoms with E-state index in [4.69, 9.17) is 19.3 Å². The lowest BCUT2D eigenvalue weighted by Gasteiger charge is -2.13. The number of para-hydroxylation sites is 1. The van der Waals surface area contributed by atoms with Gasteiger partial charge in [-0.1, -0.05) is 24.3 Å². The molecular weight excluding hydrogens is 429 g/mol. The molecule has 172 valence electrons. The molecular formula is C25H24FNO6. The van der Waals surface area contributed by atoms with E-state index in [1.165, 1.54) is 19.2 Å². The number of carbonyl (C=O) groups is 2. The number of likely N-dealkylation sites (N-methyl/N-ethyl adjacent to an activating group) is 1. The van der Waals surface area contributed by atoms with Gasteiger partial charge in [-0.2, -0.15) is 0 Å². The Labute approximate surface area is 190 Å². The molecule has 0 saturated heterocycles. The summed E-state index contributed by atoms with van der Waals surface area (Å²) in [7, 11) is 1.52. The van der Waals surface area contributed by atoms with Crippen LogP contribution in [0.25, 0.3) is 0 Å². The average molecular weight is 453 g/mol. The van der Waals surface area contributed by atoms with Crippen LogP contribution >= 0.6 is 0 Å². The molecule has 0 radical (unpaired) electrons. The summed E-state index contributed by atoms with van der Waals surface area (Å²) < 4.78 is 31.5. The summed E-state index contributed by atoms with van der Waals surface area (Å²) in [6, 6.07) is 18.6. The predicted molar refractivity (Wildman–Crippen MR) is 119 cm³/mol. The van der Waals surface area contributed by atoms with Crippen LogP contribution in [0.2, 0.25) is 0 Å². The molecule has 7 nitrogen and oxygen atoms in total. The van der Waals surface area contributed by atoms with Crippen LogP contribution in [0.5, 0.6) is 23.0 Å². The Morgan fingerprint density at radius 3 is 2.36 bits per heavy atom. The third-order valence-corrected chi connectivity index (χ3v) is 4.59. The fraction of sp³-hybridized carbons (Fsp3) is 0.200. The molecule has 0 saturated carbocycles. The van der Waals surface area contributed by atoms with Gasteiger partial charge in [0.25, 0.3) is 5.91 Å². The van der Waals surface area contributed by atoms with E-state index in [0.29, 0.717) is 28.4 Å². The van der Waals surface area contributed by atoms with Crippen molar-refractivity contribution in [2.45, 2.75) is 19.4 Å². The number of carbonyl (C=O) groups excluding carboxylic acids is 1. The van der Waals surface area contributed by atoms with Crippen molar-refractivity contribution in [2.75, 3.05) is 13.7 Å². The summed E-state index contributed by atoms with van der Waals surface area (Å²) >= 11 is 0. The molecule has 3 rings (SSSR count). The smallest absolute Gasteiger partial charge is 0.303 e. The molecule has 0 aliphatic heterocycles. The van der Waals surface area contributed by atoms with Gasteiger partial charge in [0.05, 0.1) is 0 Å². The first-order valence-electron chi connectivity index (χ1n) is 10.3. The van der Waals surface area contributed by atoms with Crippen LogP contribution in [-0.2, 0) is 22.6 Å². The molecule has 0 aliphatic carbocycles. The fourth-order valence-electron chi connectivity index (χ4n) is 2.93. The van der Waals surface area contributed by atoms with Crippen molar-refractivity contribution in [3.63, 3.8) is 0 Å². The third-order valence-electron chi connectivity index (χ3n) is 4.59. The van der Waals surface area contributed by atoms with Gasteiger partial charge in [-0.3, -0.25) is 9.59 Å². The molecule has 33 heavy (non-hydrogen) atoms. The Kier molecular flexibility index (Phi) is 8.24. The molecule has 0 atom stereocenters. The van der Waals surface area contributed by atoms with Gasteiger partial charge >= 0.3 is 5.97 Å². The second-order valence-corrected chi connectivity index (χ2v) is 7.14. The van der Waals surface area contributed by atoms with E-state index in [9.17, 15) is 14.0 Å². The minimum absolute atomic E-state index is 0.0215. The quantitative estimate of drug-likeness (QED) is 0.449. The molecule has 0 aliphatic rings. The number of aryl methyl sites for hydroxylation is 1. The monoisotopic (exact) mass is 453 g/mol. The van der Waals surface area contributed by atoms with Gasteiger partial charge in [0.2, 0.25) is 0 Å². The number of carboxylic acids is 1. The van der Waals surface area contributed by atoms with E-state index in [1.807, 2.05) is 18.2 Å². The molecule has 2 N–H and O–H groups in total. The van der Waals surface area contributed by atoms with Crippen molar-refractivity contribution < 1.29 is 33.3 Å². The van der Waals surface area contributed by atoms with E-state index < -0.39 is 11.8 Å². The summed E-state index contributed by atoms with van der Waals surface area (Å²) in [6.07, 6.45) is 0.157. The Bertz CT molecular complexity index is 1100. The second kappa shape index (κ2) is 11.5. The first-order chi connectivity index (χ1) is 15.9.